The van der Waals surface area contributed by atoms with Crippen LogP contribution in [-0.2, 0) is 6.54 Å². The van der Waals surface area contributed by atoms with Crippen LogP contribution in [0.25, 0.3) is 5.00 Å². The molecule has 2 aromatic heterocycles. The zero-order valence-corrected chi connectivity index (χ0v) is 20.7. The van der Waals surface area contributed by atoms with Crippen molar-refractivity contribution in [1.29, 1.82) is 0 Å². The molecule has 4 aromatic rings. The largest absolute Gasteiger partial charge is 0.276 e. The van der Waals surface area contributed by atoms with Crippen molar-refractivity contribution in [3.05, 3.63) is 98.4 Å². The molecule has 2 aliphatic rings. The molecule has 0 fully saturated rings. The Bertz CT molecular complexity index is 1620. The topological polar surface area (TPSA) is 80.5 Å². The number of benzene rings is 2. The summed E-state index contributed by atoms with van der Waals surface area (Å²) < 4.78 is 2.01. The second-order valence-electron chi connectivity index (χ2n) is 8.33. The van der Waals surface area contributed by atoms with Crippen molar-refractivity contribution in [2.45, 2.75) is 19.9 Å². The van der Waals surface area contributed by atoms with E-state index in [-0.39, 0.29) is 18.4 Å². The minimum Gasteiger partial charge on any atom is -0.276 e. The van der Waals surface area contributed by atoms with Gasteiger partial charge in [0.1, 0.15) is 17.4 Å². The number of halogens is 1. The Morgan fingerprint density at radius 1 is 0.972 bits per heavy atom. The smallest absolute Gasteiger partial charge is 0.261 e. The van der Waals surface area contributed by atoms with Crippen LogP contribution in [-0.4, -0.2) is 43.7 Å². The Morgan fingerprint density at radius 2 is 1.67 bits per heavy atom. The third-order valence-corrected chi connectivity index (χ3v) is 7.49. The number of nitrogens with zero attached hydrogens (tertiary/aromatic N) is 5. The number of aliphatic imine (C=N–C) groups is 1. The summed E-state index contributed by atoms with van der Waals surface area (Å²) in [7, 11) is 0. The van der Waals surface area contributed by atoms with E-state index in [0.717, 1.165) is 38.4 Å². The maximum atomic E-state index is 12.6. The third kappa shape index (κ3) is 3.65. The zero-order chi connectivity index (χ0) is 24.8. The summed E-state index contributed by atoms with van der Waals surface area (Å²) in [5.74, 6) is 7.32. The lowest BCUT2D eigenvalue weighted by atomic mass is 10.0. The second kappa shape index (κ2) is 8.86. The number of rotatable bonds is 3. The predicted octanol–water partition coefficient (Wildman–Crippen LogP) is 4.68. The number of amides is 2. The van der Waals surface area contributed by atoms with Crippen LogP contribution in [0.1, 0.15) is 54.8 Å². The molecule has 0 aliphatic carbocycles. The average molecular weight is 512 g/mol. The number of aryl methyl sites for hydroxylation is 1. The predicted molar refractivity (Wildman–Crippen MR) is 138 cm³/mol. The molecule has 9 heteroatoms. The third-order valence-electron chi connectivity index (χ3n) is 6.12. The number of imide groups is 1. The van der Waals surface area contributed by atoms with Gasteiger partial charge in [-0.25, -0.2) is 0 Å². The van der Waals surface area contributed by atoms with E-state index in [1.165, 1.54) is 16.2 Å². The second-order valence-corrected chi connectivity index (χ2v) is 9.77. The molecule has 0 spiro atoms. The van der Waals surface area contributed by atoms with Gasteiger partial charge in [0.25, 0.3) is 11.8 Å². The lowest BCUT2D eigenvalue weighted by molar-refractivity contribution is 0.0658. The van der Waals surface area contributed by atoms with Gasteiger partial charge in [-0.05, 0) is 31.2 Å². The normalized spacial score (nSPS) is 13.9. The summed E-state index contributed by atoms with van der Waals surface area (Å²) >= 11 is 8.05. The van der Waals surface area contributed by atoms with Crippen LogP contribution in [0.3, 0.4) is 0 Å². The molecule has 0 unspecified atom stereocenters. The summed E-state index contributed by atoms with van der Waals surface area (Å²) in [6.45, 7) is 2.55. The Kier molecular flexibility index (Phi) is 5.52. The van der Waals surface area contributed by atoms with E-state index < -0.39 is 0 Å². The van der Waals surface area contributed by atoms with Crippen LogP contribution < -0.4 is 0 Å². The Hall–Kier alpha value is -4.06. The van der Waals surface area contributed by atoms with Gasteiger partial charge >= 0.3 is 0 Å². The SMILES string of the molecule is Cc1nnc2n1-c1sc(C#CCCN3C(=O)c4ccccc4C3=O)cc1C(c1ccccc1Cl)=NC2. The van der Waals surface area contributed by atoms with Crippen LogP contribution in [0.5, 0.6) is 0 Å². The Morgan fingerprint density at radius 3 is 2.39 bits per heavy atom. The lowest BCUT2D eigenvalue weighted by Crippen LogP contribution is -2.30. The van der Waals surface area contributed by atoms with Crippen molar-refractivity contribution < 1.29 is 9.59 Å². The number of aromatic nitrogens is 3. The van der Waals surface area contributed by atoms with E-state index in [2.05, 4.69) is 22.0 Å². The van der Waals surface area contributed by atoms with Crippen LogP contribution in [0.15, 0.2) is 59.6 Å². The number of hydrogen-bond donors (Lipinski definition) is 0. The Balaban J connectivity index is 1.30. The van der Waals surface area contributed by atoms with Crippen molar-refractivity contribution in [3.63, 3.8) is 0 Å². The molecule has 2 amide bonds. The highest BCUT2D eigenvalue weighted by molar-refractivity contribution is 7.15. The number of fused-ring (bicyclic) bond motifs is 4. The van der Waals surface area contributed by atoms with Crippen molar-refractivity contribution in [3.8, 4) is 16.8 Å². The van der Waals surface area contributed by atoms with Gasteiger partial charge in [0, 0.05) is 29.1 Å². The summed E-state index contributed by atoms with van der Waals surface area (Å²) in [5.41, 5.74) is 3.45. The van der Waals surface area contributed by atoms with Gasteiger partial charge < -0.3 is 0 Å². The van der Waals surface area contributed by atoms with Crippen LogP contribution in [0, 0.1) is 18.8 Å². The average Bonchev–Trinajstić information content (AvgIpc) is 3.50. The number of hydrogen-bond acceptors (Lipinski definition) is 6. The minimum absolute atomic E-state index is 0.242. The Labute approximate surface area is 216 Å². The quantitative estimate of drug-likeness (QED) is 0.295. The molecule has 0 saturated carbocycles. The molecule has 0 N–H and O–H groups in total. The number of carbonyl (C=O) groups is 2. The molecule has 2 aliphatic heterocycles. The maximum absolute atomic E-state index is 12.6. The molecule has 36 heavy (non-hydrogen) atoms. The number of carbonyl (C=O) groups excluding carboxylic acids is 2. The fraction of sp³-hybridized carbons (Fsp3) is 0.148. The maximum Gasteiger partial charge on any atom is 0.261 e. The standard InChI is InChI=1S/C27H18ClN5O2S/c1-16-30-31-23-15-29-24(20-11-4-5-12-22(20)28)21-14-17(36-27(21)33(16)23)8-6-7-13-32-25(34)18-9-2-3-10-19(18)26(32)35/h2-5,9-12,14H,7,13,15H2,1H3. The van der Waals surface area contributed by atoms with Gasteiger partial charge in [-0.1, -0.05) is 53.8 Å². The summed E-state index contributed by atoms with van der Waals surface area (Å²) in [6.07, 6.45) is 0.371. The highest BCUT2D eigenvalue weighted by Gasteiger charge is 2.34. The van der Waals surface area contributed by atoms with Crippen LogP contribution >= 0.6 is 22.9 Å². The van der Waals surface area contributed by atoms with Crippen molar-refractivity contribution in [1.82, 2.24) is 19.7 Å². The first-order valence-corrected chi connectivity index (χ1v) is 12.5. The summed E-state index contributed by atoms with van der Waals surface area (Å²) in [6, 6.07) is 16.5. The minimum atomic E-state index is -0.267. The lowest BCUT2D eigenvalue weighted by Gasteiger charge is -2.10. The first-order chi connectivity index (χ1) is 17.5. The van der Waals surface area contributed by atoms with Gasteiger partial charge in [0.15, 0.2) is 5.82 Å². The van der Waals surface area contributed by atoms with Crippen molar-refractivity contribution >= 4 is 40.5 Å². The van der Waals surface area contributed by atoms with Gasteiger partial charge in [-0.15, -0.1) is 21.5 Å². The summed E-state index contributed by atoms with van der Waals surface area (Å²) in [4.78, 5) is 32.1. The van der Waals surface area contributed by atoms with Gasteiger partial charge in [-0.3, -0.25) is 24.0 Å². The van der Waals surface area contributed by atoms with Crippen LogP contribution in [0.2, 0.25) is 5.02 Å². The van der Waals surface area contributed by atoms with Gasteiger partial charge in [-0.2, -0.15) is 0 Å². The van der Waals surface area contributed by atoms with E-state index in [4.69, 9.17) is 16.6 Å². The molecule has 0 saturated heterocycles. The van der Waals surface area contributed by atoms with E-state index in [0.29, 0.717) is 29.1 Å². The van der Waals surface area contributed by atoms with Crippen molar-refractivity contribution in [2.24, 2.45) is 4.99 Å². The molecule has 6 rings (SSSR count). The van der Waals surface area contributed by atoms with E-state index >= 15 is 0 Å². The molecule has 176 valence electrons. The number of thiophene rings is 1. The molecule has 2 aromatic carbocycles. The monoisotopic (exact) mass is 511 g/mol. The van der Waals surface area contributed by atoms with Gasteiger partial charge in [0.05, 0.1) is 21.7 Å². The fourth-order valence-corrected chi connectivity index (χ4v) is 5.76. The highest BCUT2D eigenvalue weighted by Crippen LogP contribution is 2.34. The first kappa shape index (κ1) is 22.4. The van der Waals surface area contributed by atoms with Crippen molar-refractivity contribution in [2.75, 3.05) is 6.54 Å². The highest BCUT2D eigenvalue weighted by atomic mass is 35.5. The van der Waals surface area contributed by atoms with Crippen LogP contribution in [0.4, 0.5) is 0 Å². The summed E-state index contributed by atoms with van der Waals surface area (Å²) in [5, 5.41) is 10.1. The zero-order valence-electron chi connectivity index (χ0n) is 19.2. The van der Waals surface area contributed by atoms with E-state index in [1.807, 2.05) is 41.8 Å². The molecular formula is C27H18ClN5O2S. The van der Waals surface area contributed by atoms with E-state index in [9.17, 15) is 9.59 Å². The fourth-order valence-electron chi connectivity index (χ4n) is 4.43. The molecule has 0 radical (unpaired) electrons. The molecule has 7 nitrogen and oxygen atoms in total. The molecule has 4 heterocycles. The molecule has 0 bridgehead atoms. The van der Waals surface area contributed by atoms with E-state index in [1.54, 1.807) is 24.3 Å². The first-order valence-electron chi connectivity index (χ1n) is 11.3. The molecular weight excluding hydrogens is 494 g/mol. The van der Waals surface area contributed by atoms with Gasteiger partial charge in [0.2, 0.25) is 0 Å². The molecule has 0 atom stereocenters.